The molecule has 0 radical (unpaired) electrons. The molecule has 1 heterocycles. The number of aromatic nitrogens is 3. The van der Waals surface area contributed by atoms with Crippen molar-refractivity contribution < 1.29 is 17.2 Å². The second-order valence-corrected chi connectivity index (χ2v) is 7.11. The van der Waals surface area contributed by atoms with Gasteiger partial charge in [0.15, 0.2) is 0 Å². The highest BCUT2D eigenvalue weighted by Gasteiger charge is 2.21. The molecule has 2 aromatic rings. The van der Waals surface area contributed by atoms with Crippen molar-refractivity contribution in [1.82, 2.24) is 14.3 Å². The summed E-state index contributed by atoms with van der Waals surface area (Å²) in [4.78, 5) is 12.0. The van der Waals surface area contributed by atoms with Crippen LogP contribution < -0.4 is 10.4 Å². The van der Waals surface area contributed by atoms with Gasteiger partial charge in [0.2, 0.25) is 10.0 Å². The van der Waals surface area contributed by atoms with Crippen LogP contribution in [0.2, 0.25) is 10.0 Å². The fourth-order valence-electron chi connectivity index (χ4n) is 1.84. The second kappa shape index (κ2) is 8.54. The third kappa shape index (κ3) is 5.20. The first-order chi connectivity index (χ1) is 10.5. The minimum atomic E-state index is -3.65. The summed E-state index contributed by atoms with van der Waals surface area (Å²) < 4.78 is 51.3. The Labute approximate surface area is 163 Å². The van der Waals surface area contributed by atoms with E-state index in [1.54, 1.807) is 0 Å². The summed E-state index contributed by atoms with van der Waals surface area (Å²) >= 11 is 11.8. The molecule has 0 fully saturated rings. The lowest BCUT2D eigenvalue weighted by molar-refractivity contribution is 0.0640. The molecule has 25 heavy (non-hydrogen) atoms. The van der Waals surface area contributed by atoms with Gasteiger partial charge in [-0.3, -0.25) is 4.72 Å². The highest BCUT2D eigenvalue weighted by molar-refractivity contribution is 7.92. The molecule has 14 heteroatoms. The molecule has 0 amide bonds. The van der Waals surface area contributed by atoms with Gasteiger partial charge in [-0.05, 0) is 19.1 Å². The van der Waals surface area contributed by atoms with E-state index in [1.807, 2.05) is 0 Å². The first-order valence-electron chi connectivity index (χ1n) is 5.95. The summed E-state index contributed by atoms with van der Waals surface area (Å²) in [6, 6.07) is 2.31. The average Bonchev–Trinajstić information content (AvgIpc) is 2.66. The van der Waals surface area contributed by atoms with Crippen LogP contribution in [-0.2, 0) is 10.0 Å². The van der Waals surface area contributed by atoms with Gasteiger partial charge in [-0.1, -0.05) is 23.2 Å². The molecule has 2 rings (SSSR count). The van der Waals surface area contributed by atoms with E-state index < -0.39 is 22.3 Å². The van der Waals surface area contributed by atoms with E-state index >= 15 is 0 Å². The van der Waals surface area contributed by atoms with Crippen LogP contribution in [0.25, 0.3) is 5.69 Å². The summed E-state index contributed by atoms with van der Waals surface area (Å²) in [6.07, 6.45) is 0.902. The highest BCUT2D eigenvalue weighted by Crippen LogP contribution is 2.31. The van der Waals surface area contributed by atoms with Gasteiger partial charge >= 0.3 is 12.2 Å². The predicted octanol–water partition coefficient (Wildman–Crippen LogP) is 3.26. The Balaban J connectivity index is 0.00000288. The fraction of sp³-hybridized carbons (Fsp3) is 0.273. The van der Waals surface area contributed by atoms with Gasteiger partial charge in [0.25, 0.3) is 0 Å². The molecular weight excluding hydrogens is 448 g/mol. The van der Waals surface area contributed by atoms with Crippen LogP contribution in [-0.4, -0.2) is 29.0 Å². The van der Waals surface area contributed by atoms with Crippen molar-refractivity contribution in [3.05, 3.63) is 38.5 Å². The van der Waals surface area contributed by atoms with E-state index in [-0.39, 0.29) is 56.6 Å². The monoisotopic (exact) mass is 458 g/mol. The van der Waals surface area contributed by atoms with Crippen molar-refractivity contribution >= 4 is 63.7 Å². The molecule has 0 aliphatic rings. The summed E-state index contributed by atoms with van der Waals surface area (Å²) in [5.41, 5.74) is -1.27. The van der Waals surface area contributed by atoms with E-state index in [0.29, 0.717) is 4.68 Å². The smallest absolute Gasteiger partial charge is 0.282 e. The molecule has 0 saturated carbocycles. The summed E-state index contributed by atoms with van der Waals surface area (Å²) in [7, 11) is -3.65. The summed E-state index contributed by atoms with van der Waals surface area (Å²) in [5, 5.41) is 3.63. The van der Waals surface area contributed by atoms with Crippen molar-refractivity contribution in [1.29, 1.82) is 0 Å². The molecule has 0 aliphatic heterocycles. The van der Waals surface area contributed by atoms with Gasteiger partial charge in [-0.2, -0.15) is 13.5 Å². The minimum absolute atomic E-state index is 0. The number of hydrogen-bond acceptors (Lipinski definition) is 4. The van der Waals surface area contributed by atoms with Crippen LogP contribution in [0.15, 0.2) is 16.9 Å². The van der Waals surface area contributed by atoms with E-state index in [9.17, 15) is 22.0 Å². The van der Waals surface area contributed by atoms with Crippen molar-refractivity contribution in [2.75, 3.05) is 11.0 Å². The Morgan fingerprint density at radius 3 is 2.20 bits per heavy atom. The molecular formula is C11H12Cl4F2N4O3S. The maximum atomic E-state index is 12.8. The molecule has 0 unspecified atom stereocenters. The van der Waals surface area contributed by atoms with Crippen LogP contribution in [0.3, 0.4) is 0 Å². The molecule has 1 aromatic carbocycles. The van der Waals surface area contributed by atoms with E-state index in [0.717, 1.165) is 12.3 Å². The normalized spacial score (nSPS) is 11.0. The van der Waals surface area contributed by atoms with Gasteiger partial charge in [0, 0.05) is 0 Å². The summed E-state index contributed by atoms with van der Waals surface area (Å²) in [5.74, 6) is -0.228. The number of hydrogen-bond donors (Lipinski definition) is 1. The van der Waals surface area contributed by atoms with Crippen molar-refractivity contribution in [2.45, 2.75) is 13.5 Å². The van der Waals surface area contributed by atoms with E-state index in [2.05, 4.69) is 9.82 Å². The third-order valence-corrected chi connectivity index (χ3v) is 3.94. The Morgan fingerprint density at radius 2 is 1.76 bits per heavy atom. The molecule has 0 saturated heterocycles. The number of sulfonamides is 1. The van der Waals surface area contributed by atoms with Crippen molar-refractivity contribution in [3.63, 3.8) is 0 Å². The lowest BCUT2D eigenvalue weighted by Gasteiger charge is -2.10. The molecule has 1 aromatic heterocycles. The standard InChI is InChI=1S/C11H10Cl2F2N4O3S.2ClH/c1-5-16-19(11(20)18(5)10(14)15)9-4-8(17-23(2,21)22)6(12)3-7(9)13;;/h3-4,10,17H,1-2H3;2*1H. The zero-order valence-electron chi connectivity index (χ0n) is 12.5. The number of nitrogens with one attached hydrogen (secondary N) is 1. The predicted molar refractivity (Wildman–Crippen MR) is 96.8 cm³/mol. The first-order valence-corrected chi connectivity index (χ1v) is 8.59. The minimum Gasteiger partial charge on any atom is -0.282 e. The Hall–Kier alpha value is -1.07. The van der Waals surface area contributed by atoms with Crippen LogP contribution in [0.1, 0.15) is 12.4 Å². The van der Waals surface area contributed by atoms with Gasteiger partial charge in [0.05, 0.1) is 27.7 Å². The summed E-state index contributed by atoms with van der Waals surface area (Å²) in [6.45, 7) is -1.85. The Morgan fingerprint density at radius 1 is 1.20 bits per heavy atom. The first kappa shape index (κ1) is 23.9. The van der Waals surface area contributed by atoms with Gasteiger partial charge in [0.1, 0.15) is 5.82 Å². The molecule has 0 spiro atoms. The van der Waals surface area contributed by atoms with Gasteiger partial charge in [-0.25, -0.2) is 17.8 Å². The number of aryl methyl sites for hydroxylation is 1. The van der Waals surface area contributed by atoms with Crippen LogP contribution in [0.5, 0.6) is 0 Å². The quantitative estimate of drug-likeness (QED) is 0.760. The van der Waals surface area contributed by atoms with Crippen LogP contribution in [0.4, 0.5) is 14.5 Å². The maximum Gasteiger partial charge on any atom is 0.355 e. The number of nitrogens with zero attached hydrogens (tertiary/aromatic N) is 3. The zero-order valence-corrected chi connectivity index (χ0v) is 16.5. The van der Waals surface area contributed by atoms with Gasteiger partial charge < -0.3 is 0 Å². The van der Waals surface area contributed by atoms with E-state index in [4.69, 9.17) is 23.2 Å². The Kier molecular flexibility index (Phi) is 8.18. The number of alkyl halides is 2. The fourth-order valence-corrected chi connectivity index (χ4v) is 2.97. The van der Waals surface area contributed by atoms with Crippen molar-refractivity contribution in [3.8, 4) is 5.69 Å². The molecule has 142 valence electrons. The number of benzene rings is 1. The largest absolute Gasteiger partial charge is 0.355 e. The molecule has 1 N–H and O–H groups in total. The number of rotatable bonds is 4. The lowest BCUT2D eigenvalue weighted by atomic mass is 10.3. The van der Waals surface area contributed by atoms with Crippen molar-refractivity contribution in [2.24, 2.45) is 0 Å². The number of halogens is 6. The molecule has 0 atom stereocenters. The average molecular weight is 460 g/mol. The highest BCUT2D eigenvalue weighted by atomic mass is 35.5. The third-order valence-electron chi connectivity index (χ3n) is 2.74. The maximum absolute atomic E-state index is 12.8. The van der Waals surface area contributed by atoms with Crippen LogP contribution >= 0.6 is 48.0 Å². The van der Waals surface area contributed by atoms with Crippen LogP contribution in [0, 0.1) is 6.92 Å². The second-order valence-electron chi connectivity index (χ2n) is 4.55. The molecule has 7 nitrogen and oxygen atoms in total. The molecule has 0 aliphatic carbocycles. The SMILES string of the molecule is Cc1nn(-c2cc(NS(C)(=O)=O)c(Cl)cc2Cl)c(=O)n1C(F)F.Cl.Cl. The lowest BCUT2D eigenvalue weighted by Crippen LogP contribution is -2.25. The number of anilines is 1. The zero-order chi connectivity index (χ0) is 17.5. The van der Waals surface area contributed by atoms with E-state index in [1.165, 1.54) is 13.0 Å². The molecule has 0 bridgehead atoms. The Bertz CT molecular complexity index is 930. The van der Waals surface area contributed by atoms with Gasteiger partial charge in [-0.15, -0.1) is 29.9 Å². The topological polar surface area (TPSA) is 86.0 Å².